The molecule has 0 radical (unpaired) electrons. The molecule has 1 aliphatic rings. The summed E-state index contributed by atoms with van der Waals surface area (Å²) >= 11 is 6.10. The molecular formula is C31H22ClF3N6O3. The number of nitrogens with zero attached hydrogens (tertiary/aromatic N) is 5. The molecule has 3 aromatic heterocycles. The molecule has 0 saturated carbocycles. The number of halogens is 4. The first-order chi connectivity index (χ1) is 21.2. The predicted octanol–water partition coefficient (Wildman–Crippen LogP) is 6.80. The third-order valence-electron chi connectivity index (χ3n) is 7.40. The lowest BCUT2D eigenvalue weighted by Gasteiger charge is -2.21. The first kappa shape index (κ1) is 29.0. The zero-order chi connectivity index (χ0) is 31.0. The third-order valence-corrected chi connectivity index (χ3v) is 7.69. The molecule has 2 bridgehead atoms. The van der Waals surface area contributed by atoms with Crippen LogP contribution in [0.15, 0.2) is 67.1 Å². The molecule has 4 heterocycles. The van der Waals surface area contributed by atoms with E-state index in [4.69, 9.17) is 11.6 Å². The molecule has 1 aliphatic heterocycles. The number of aromatic carboxylic acids is 1. The highest BCUT2D eigenvalue weighted by molar-refractivity contribution is 6.31. The average molecular weight is 619 g/mol. The van der Waals surface area contributed by atoms with Gasteiger partial charge in [-0.25, -0.2) is 22.6 Å². The number of carboxylic acids is 1. The van der Waals surface area contributed by atoms with Crippen LogP contribution in [0.25, 0.3) is 28.1 Å². The number of amides is 1. The van der Waals surface area contributed by atoms with E-state index in [1.54, 1.807) is 12.1 Å². The van der Waals surface area contributed by atoms with Gasteiger partial charge in [0.1, 0.15) is 11.6 Å². The number of nitrogens with one attached hydrogen (secondary N) is 1. The van der Waals surface area contributed by atoms with Crippen LogP contribution in [-0.4, -0.2) is 41.9 Å². The van der Waals surface area contributed by atoms with E-state index in [0.717, 1.165) is 17.1 Å². The molecule has 1 amide bonds. The van der Waals surface area contributed by atoms with Crippen molar-refractivity contribution in [3.05, 3.63) is 107 Å². The van der Waals surface area contributed by atoms with Crippen molar-refractivity contribution >= 4 is 29.2 Å². The molecule has 5 aromatic rings. The second-order valence-electron chi connectivity index (χ2n) is 10.2. The molecule has 1 atom stereocenters. The van der Waals surface area contributed by atoms with Crippen molar-refractivity contribution in [3.63, 3.8) is 0 Å². The minimum Gasteiger partial charge on any atom is -0.476 e. The number of carbonyl (C=O) groups excluding carboxylic acids is 1. The summed E-state index contributed by atoms with van der Waals surface area (Å²) in [4.78, 5) is 32.7. The first-order valence-corrected chi connectivity index (χ1v) is 13.9. The maximum absolute atomic E-state index is 15.4. The van der Waals surface area contributed by atoms with E-state index in [9.17, 15) is 19.1 Å². The van der Waals surface area contributed by atoms with E-state index >= 15 is 8.78 Å². The predicted molar refractivity (Wildman–Crippen MR) is 155 cm³/mol. The topological polar surface area (TPSA) is 123 Å². The molecule has 9 nitrogen and oxygen atoms in total. The fourth-order valence-electron chi connectivity index (χ4n) is 5.26. The Hall–Kier alpha value is -5.10. The number of hydrogen-bond acceptors (Lipinski definition) is 6. The molecule has 2 N–H and O–H groups in total. The Morgan fingerprint density at radius 1 is 1.02 bits per heavy atom. The van der Waals surface area contributed by atoms with Crippen LogP contribution in [0.4, 0.5) is 18.9 Å². The first-order valence-electron chi connectivity index (χ1n) is 13.5. The maximum Gasteiger partial charge on any atom is 0.358 e. The summed E-state index contributed by atoms with van der Waals surface area (Å²) < 4.78 is 46.2. The van der Waals surface area contributed by atoms with Gasteiger partial charge in [0.2, 0.25) is 5.91 Å². The molecule has 0 saturated heterocycles. The number of benzene rings is 2. The zero-order valence-corrected chi connectivity index (χ0v) is 23.5. The summed E-state index contributed by atoms with van der Waals surface area (Å²) in [5.41, 5.74) is 1.89. The summed E-state index contributed by atoms with van der Waals surface area (Å²) in [6.07, 6.45) is 5.35. The van der Waals surface area contributed by atoms with Crippen LogP contribution < -0.4 is 5.32 Å². The highest BCUT2D eigenvalue weighted by Gasteiger charge is 2.24. The molecule has 222 valence electrons. The van der Waals surface area contributed by atoms with E-state index in [0.29, 0.717) is 41.8 Å². The van der Waals surface area contributed by atoms with Gasteiger partial charge in [0.05, 0.1) is 34.5 Å². The minimum absolute atomic E-state index is 0.0131. The monoisotopic (exact) mass is 618 g/mol. The molecule has 44 heavy (non-hydrogen) atoms. The fraction of sp³-hybridized carbons (Fsp3) is 0.161. The maximum atomic E-state index is 15.4. The highest BCUT2D eigenvalue weighted by Crippen LogP contribution is 2.38. The smallest absolute Gasteiger partial charge is 0.358 e. The largest absolute Gasteiger partial charge is 0.476 e. The lowest BCUT2D eigenvalue weighted by molar-refractivity contribution is -0.116. The molecule has 0 aliphatic carbocycles. The van der Waals surface area contributed by atoms with Gasteiger partial charge in [-0.05, 0) is 55.3 Å². The SMILES string of the molecule is O=C1CCCC[C@H](c2ccc(-c3c(-n4cc(C(=O)O)nn4)ccc(Cl)c3F)cn2)c2cc(ncc2F)-c2cc(F)ccc2N1. The average Bonchev–Trinajstić information content (AvgIpc) is 3.51. The Morgan fingerprint density at radius 3 is 2.61 bits per heavy atom. The zero-order valence-electron chi connectivity index (χ0n) is 22.8. The van der Waals surface area contributed by atoms with E-state index in [-0.39, 0.29) is 45.6 Å². The molecule has 6 rings (SSSR count). The Bertz CT molecular complexity index is 1910. The molecular weight excluding hydrogens is 597 g/mol. The number of fused-ring (bicyclic) bond motifs is 4. The van der Waals surface area contributed by atoms with Crippen molar-refractivity contribution < 1.29 is 27.9 Å². The summed E-state index contributed by atoms with van der Waals surface area (Å²) in [6, 6.07) is 11.5. The minimum atomic E-state index is -1.30. The quantitative estimate of drug-likeness (QED) is 0.227. The van der Waals surface area contributed by atoms with Crippen molar-refractivity contribution in [2.75, 3.05) is 5.32 Å². The van der Waals surface area contributed by atoms with Gasteiger partial charge < -0.3 is 10.4 Å². The van der Waals surface area contributed by atoms with Gasteiger partial charge in [-0.1, -0.05) is 29.3 Å². The Labute approximate surface area is 253 Å². The Morgan fingerprint density at radius 2 is 1.86 bits per heavy atom. The van der Waals surface area contributed by atoms with E-state index < -0.39 is 29.3 Å². The lowest BCUT2D eigenvalue weighted by atomic mass is 9.88. The molecule has 0 unspecified atom stereocenters. The van der Waals surface area contributed by atoms with Crippen molar-refractivity contribution in [1.82, 2.24) is 25.0 Å². The van der Waals surface area contributed by atoms with E-state index in [2.05, 4.69) is 25.6 Å². The van der Waals surface area contributed by atoms with Crippen molar-refractivity contribution in [2.45, 2.75) is 31.6 Å². The summed E-state index contributed by atoms with van der Waals surface area (Å²) in [5, 5.41) is 19.3. The van der Waals surface area contributed by atoms with Gasteiger partial charge in [0.25, 0.3) is 0 Å². The number of carboxylic acid groups (broad SMARTS) is 1. The number of pyridine rings is 2. The second-order valence-corrected chi connectivity index (χ2v) is 10.6. The van der Waals surface area contributed by atoms with Gasteiger partial charge in [-0.3, -0.25) is 14.8 Å². The van der Waals surface area contributed by atoms with Crippen LogP contribution in [0.1, 0.15) is 53.3 Å². The summed E-state index contributed by atoms with van der Waals surface area (Å²) in [5.74, 6) is -3.98. The van der Waals surface area contributed by atoms with Gasteiger partial charge in [-0.15, -0.1) is 5.10 Å². The van der Waals surface area contributed by atoms with Crippen molar-refractivity contribution in [2.24, 2.45) is 0 Å². The van der Waals surface area contributed by atoms with E-state index in [1.165, 1.54) is 42.6 Å². The standard InChI is InChI=1S/C31H22ClF3N6O3/c32-21-7-10-27(41-15-26(31(43)44)39-40-41)29(30(21)35)16-5-8-23(36-13-16)18-3-1-2-4-28(42)38-24-9-6-17(33)11-20(24)25-12-19(18)22(34)14-37-25/h5-15,18H,1-4H2,(H,38,42)(H,43,44)/t18-/m0/s1. The van der Waals surface area contributed by atoms with Crippen LogP contribution in [0, 0.1) is 17.5 Å². The number of carbonyl (C=O) groups is 2. The molecule has 13 heteroatoms. The molecule has 0 spiro atoms. The fourth-order valence-corrected chi connectivity index (χ4v) is 5.42. The Kier molecular flexibility index (Phi) is 7.83. The van der Waals surface area contributed by atoms with Gasteiger partial charge in [0, 0.05) is 46.5 Å². The van der Waals surface area contributed by atoms with Crippen molar-refractivity contribution in [3.8, 4) is 28.1 Å². The second kappa shape index (κ2) is 11.9. The van der Waals surface area contributed by atoms with Gasteiger partial charge in [0.15, 0.2) is 11.5 Å². The number of rotatable bonds is 4. The van der Waals surface area contributed by atoms with Crippen LogP contribution in [0.5, 0.6) is 0 Å². The Balaban J connectivity index is 1.43. The van der Waals surface area contributed by atoms with Gasteiger partial charge in [-0.2, -0.15) is 0 Å². The van der Waals surface area contributed by atoms with Gasteiger partial charge >= 0.3 is 5.97 Å². The molecule has 0 fully saturated rings. The number of hydrogen-bond donors (Lipinski definition) is 2. The van der Waals surface area contributed by atoms with E-state index in [1.807, 2.05) is 0 Å². The van der Waals surface area contributed by atoms with Crippen LogP contribution in [0.2, 0.25) is 5.02 Å². The number of aromatic nitrogens is 5. The molecule has 2 aromatic carbocycles. The number of anilines is 1. The summed E-state index contributed by atoms with van der Waals surface area (Å²) in [6.45, 7) is 0. The van der Waals surface area contributed by atoms with Crippen molar-refractivity contribution in [1.29, 1.82) is 0 Å². The van der Waals surface area contributed by atoms with Crippen LogP contribution >= 0.6 is 11.6 Å². The highest BCUT2D eigenvalue weighted by atomic mass is 35.5. The normalized spacial score (nSPS) is 15.1. The van der Waals surface area contributed by atoms with Crippen LogP contribution in [0.3, 0.4) is 0 Å². The van der Waals surface area contributed by atoms with Crippen LogP contribution in [-0.2, 0) is 4.79 Å². The third kappa shape index (κ3) is 5.63. The lowest BCUT2D eigenvalue weighted by Crippen LogP contribution is -2.14. The summed E-state index contributed by atoms with van der Waals surface area (Å²) in [7, 11) is 0.